The number of nitrogens with one attached hydrogen (secondary N) is 1. The predicted octanol–water partition coefficient (Wildman–Crippen LogP) is 2.77. The van der Waals surface area contributed by atoms with Crippen LogP contribution >= 0.6 is 15.9 Å². The lowest BCUT2D eigenvalue weighted by Crippen LogP contribution is -2.42. The molecule has 20 heavy (non-hydrogen) atoms. The van der Waals surface area contributed by atoms with Crippen molar-refractivity contribution in [1.82, 2.24) is 0 Å². The maximum Gasteiger partial charge on any atom is 0.229 e. The Morgan fingerprint density at radius 3 is 2.80 bits per heavy atom. The molecule has 2 aliphatic carbocycles. The Hall–Kier alpha value is -1.07. The van der Waals surface area contributed by atoms with Gasteiger partial charge in [0.2, 0.25) is 5.91 Å². The van der Waals surface area contributed by atoms with E-state index in [0.717, 1.165) is 23.0 Å². The number of carbonyl (C=O) groups is 1. The molecule has 4 unspecified atom stereocenters. The molecule has 3 N–H and O–H groups in total. The number of halogens is 1. The number of methoxy groups -OCH3 is 1. The highest BCUT2D eigenvalue weighted by Gasteiger charge is 2.49. The third-order valence-electron chi connectivity index (χ3n) is 4.70. The van der Waals surface area contributed by atoms with E-state index in [2.05, 4.69) is 21.2 Å². The maximum atomic E-state index is 12.5. The fourth-order valence-corrected chi connectivity index (χ4v) is 4.10. The average molecular weight is 339 g/mol. The molecule has 2 bridgehead atoms. The fourth-order valence-electron chi connectivity index (χ4n) is 3.69. The molecule has 1 amide bonds. The molecule has 2 saturated carbocycles. The lowest BCUT2D eigenvalue weighted by atomic mass is 9.84. The Bertz CT molecular complexity index is 533. The summed E-state index contributed by atoms with van der Waals surface area (Å²) in [5.74, 6) is 1.72. The molecule has 2 fully saturated rings. The molecule has 0 spiro atoms. The van der Waals surface area contributed by atoms with E-state index in [0.29, 0.717) is 17.6 Å². The first-order valence-corrected chi connectivity index (χ1v) is 7.79. The number of nitrogens with two attached hydrogens (primary N) is 1. The van der Waals surface area contributed by atoms with Gasteiger partial charge in [-0.15, -0.1) is 0 Å². The Labute approximate surface area is 127 Å². The van der Waals surface area contributed by atoms with Crippen molar-refractivity contribution in [2.45, 2.75) is 25.3 Å². The van der Waals surface area contributed by atoms with Crippen molar-refractivity contribution >= 4 is 27.5 Å². The quantitative estimate of drug-likeness (QED) is 0.890. The summed E-state index contributed by atoms with van der Waals surface area (Å²) < 4.78 is 6.11. The Balaban J connectivity index is 1.73. The fraction of sp³-hybridized carbons (Fsp3) is 0.533. The highest BCUT2D eigenvalue weighted by molar-refractivity contribution is 9.10. The number of carbonyl (C=O) groups excluding carboxylic acids is 1. The van der Waals surface area contributed by atoms with E-state index < -0.39 is 0 Å². The topological polar surface area (TPSA) is 64.3 Å². The van der Waals surface area contributed by atoms with Crippen molar-refractivity contribution in [1.29, 1.82) is 0 Å². The molecule has 0 heterocycles. The molecule has 1 aromatic rings. The van der Waals surface area contributed by atoms with Crippen molar-refractivity contribution in [3.63, 3.8) is 0 Å². The standard InChI is InChI=1S/C15H19BrN2O2/c1-20-12-7-10(4-5-11(12)16)18-15(19)13-8-2-3-9(6-8)14(13)17/h4-5,7-9,13-14H,2-3,6,17H2,1H3,(H,18,19). The van der Waals surface area contributed by atoms with E-state index in [-0.39, 0.29) is 17.9 Å². The summed E-state index contributed by atoms with van der Waals surface area (Å²) in [4.78, 5) is 12.5. The number of rotatable bonds is 3. The van der Waals surface area contributed by atoms with Crippen LogP contribution in [0.4, 0.5) is 5.69 Å². The van der Waals surface area contributed by atoms with Crippen molar-refractivity contribution in [2.24, 2.45) is 23.5 Å². The second-order valence-electron chi connectivity index (χ2n) is 5.77. The first-order valence-electron chi connectivity index (χ1n) is 7.00. The van der Waals surface area contributed by atoms with Gasteiger partial charge in [0.1, 0.15) is 5.75 Å². The summed E-state index contributed by atoms with van der Waals surface area (Å²) in [5.41, 5.74) is 6.96. The van der Waals surface area contributed by atoms with Crippen molar-refractivity contribution < 1.29 is 9.53 Å². The number of amides is 1. The van der Waals surface area contributed by atoms with Crippen LogP contribution in [0.3, 0.4) is 0 Å². The van der Waals surface area contributed by atoms with Crippen LogP contribution in [-0.2, 0) is 4.79 Å². The van der Waals surface area contributed by atoms with Crippen molar-refractivity contribution in [3.05, 3.63) is 22.7 Å². The van der Waals surface area contributed by atoms with Crippen LogP contribution in [0.5, 0.6) is 5.75 Å². The third kappa shape index (κ3) is 2.33. The van der Waals surface area contributed by atoms with Gasteiger partial charge < -0.3 is 15.8 Å². The van der Waals surface area contributed by atoms with E-state index in [1.807, 2.05) is 18.2 Å². The monoisotopic (exact) mass is 338 g/mol. The van der Waals surface area contributed by atoms with Gasteiger partial charge in [-0.2, -0.15) is 0 Å². The molecule has 3 rings (SSSR count). The Morgan fingerprint density at radius 1 is 1.40 bits per heavy atom. The van der Waals surface area contributed by atoms with Gasteiger partial charge in [-0.1, -0.05) is 0 Å². The van der Waals surface area contributed by atoms with Gasteiger partial charge in [-0.05, 0) is 59.2 Å². The number of anilines is 1. The molecular formula is C15H19BrN2O2. The zero-order chi connectivity index (χ0) is 14.3. The smallest absolute Gasteiger partial charge is 0.229 e. The summed E-state index contributed by atoms with van der Waals surface area (Å²) in [6, 6.07) is 5.57. The minimum atomic E-state index is -0.0385. The number of fused-ring (bicyclic) bond motifs is 2. The minimum absolute atomic E-state index is 0.0195. The van der Waals surface area contributed by atoms with Crippen LogP contribution in [0.25, 0.3) is 0 Å². The molecule has 2 aliphatic rings. The molecule has 1 aromatic carbocycles. The van der Waals surface area contributed by atoms with Crippen LogP contribution < -0.4 is 15.8 Å². The highest BCUT2D eigenvalue weighted by atomic mass is 79.9. The second-order valence-corrected chi connectivity index (χ2v) is 6.63. The van der Waals surface area contributed by atoms with Crippen molar-refractivity contribution in [3.8, 4) is 5.75 Å². The summed E-state index contributed by atoms with van der Waals surface area (Å²) in [6.45, 7) is 0. The zero-order valence-electron chi connectivity index (χ0n) is 11.4. The Kier molecular flexibility index (Phi) is 3.73. The first-order chi connectivity index (χ1) is 9.60. The summed E-state index contributed by atoms with van der Waals surface area (Å²) in [5, 5.41) is 2.98. The zero-order valence-corrected chi connectivity index (χ0v) is 13.0. The molecule has 0 saturated heterocycles. The van der Waals surface area contributed by atoms with Crippen LogP contribution in [0, 0.1) is 17.8 Å². The average Bonchev–Trinajstić information content (AvgIpc) is 3.01. The molecule has 5 heteroatoms. The molecule has 0 radical (unpaired) electrons. The van der Waals surface area contributed by atoms with Gasteiger partial charge in [0.05, 0.1) is 17.5 Å². The first kappa shape index (κ1) is 13.9. The third-order valence-corrected chi connectivity index (χ3v) is 5.36. The maximum absolute atomic E-state index is 12.5. The van der Waals surface area contributed by atoms with E-state index in [1.165, 1.54) is 6.42 Å². The molecule has 0 aliphatic heterocycles. The largest absolute Gasteiger partial charge is 0.495 e. The summed E-state index contributed by atoms with van der Waals surface area (Å²) >= 11 is 3.40. The van der Waals surface area contributed by atoms with Crippen molar-refractivity contribution in [2.75, 3.05) is 12.4 Å². The van der Waals surface area contributed by atoms with Crippen LogP contribution in [0.1, 0.15) is 19.3 Å². The molecule has 4 nitrogen and oxygen atoms in total. The minimum Gasteiger partial charge on any atom is -0.495 e. The Morgan fingerprint density at radius 2 is 2.15 bits per heavy atom. The van der Waals surface area contributed by atoms with Gasteiger partial charge in [0, 0.05) is 17.8 Å². The second kappa shape index (κ2) is 5.37. The number of benzene rings is 1. The predicted molar refractivity (Wildman–Crippen MR) is 81.6 cm³/mol. The summed E-state index contributed by atoms with van der Waals surface area (Å²) in [6.07, 6.45) is 3.44. The molecular weight excluding hydrogens is 320 g/mol. The van der Waals surface area contributed by atoms with E-state index in [9.17, 15) is 4.79 Å². The van der Waals surface area contributed by atoms with Crippen LogP contribution in [0.2, 0.25) is 0 Å². The molecule has 108 valence electrons. The van der Waals surface area contributed by atoms with E-state index >= 15 is 0 Å². The van der Waals surface area contributed by atoms with Gasteiger partial charge in [-0.3, -0.25) is 4.79 Å². The SMILES string of the molecule is COc1cc(NC(=O)C2C3CCC(C3)C2N)ccc1Br. The van der Waals surface area contributed by atoms with E-state index in [1.54, 1.807) is 7.11 Å². The van der Waals surface area contributed by atoms with Gasteiger partial charge in [-0.25, -0.2) is 0 Å². The summed E-state index contributed by atoms with van der Waals surface area (Å²) in [7, 11) is 1.61. The van der Waals surface area contributed by atoms with Crippen LogP contribution in [0.15, 0.2) is 22.7 Å². The van der Waals surface area contributed by atoms with Gasteiger partial charge in [0.25, 0.3) is 0 Å². The van der Waals surface area contributed by atoms with Gasteiger partial charge >= 0.3 is 0 Å². The molecule has 0 aromatic heterocycles. The van der Waals surface area contributed by atoms with E-state index in [4.69, 9.17) is 10.5 Å². The highest BCUT2D eigenvalue weighted by Crippen LogP contribution is 2.48. The number of ether oxygens (including phenoxy) is 1. The molecule has 4 atom stereocenters. The lowest BCUT2D eigenvalue weighted by molar-refractivity contribution is -0.121. The van der Waals surface area contributed by atoms with Crippen LogP contribution in [-0.4, -0.2) is 19.1 Å². The van der Waals surface area contributed by atoms with Gasteiger partial charge in [0.15, 0.2) is 0 Å². The normalized spacial score (nSPS) is 31.4. The number of hydrogen-bond acceptors (Lipinski definition) is 3. The number of hydrogen-bond donors (Lipinski definition) is 2. The lowest BCUT2D eigenvalue weighted by Gasteiger charge is -2.27.